The van der Waals surface area contributed by atoms with Crippen molar-refractivity contribution < 1.29 is 4.79 Å². The zero-order valence-electron chi connectivity index (χ0n) is 8.51. The summed E-state index contributed by atoms with van der Waals surface area (Å²) in [5, 5.41) is 4.07. The van der Waals surface area contributed by atoms with Crippen LogP contribution in [-0.2, 0) is 7.05 Å². The molecule has 0 aliphatic rings. The summed E-state index contributed by atoms with van der Waals surface area (Å²) in [6.07, 6.45) is 4.01. The number of carbonyl (C=O) groups is 1. The molecule has 0 atom stereocenters. The Bertz CT molecular complexity index is 490. The van der Waals surface area contributed by atoms with Crippen LogP contribution in [0.4, 0.5) is 0 Å². The third kappa shape index (κ3) is 1.52. The second kappa shape index (κ2) is 3.61. The maximum atomic E-state index is 10.8. The number of aryl methyl sites for hydroxylation is 1. The van der Waals surface area contributed by atoms with Crippen LogP contribution < -0.4 is 0 Å². The number of hydrogen-bond donors (Lipinski definition) is 0. The van der Waals surface area contributed by atoms with E-state index in [4.69, 9.17) is 0 Å². The lowest BCUT2D eigenvalue weighted by Crippen LogP contribution is -1.93. The Morgan fingerprint density at radius 2 is 2.00 bits per heavy atom. The van der Waals surface area contributed by atoms with Crippen molar-refractivity contribution in [2.24, 2.45) is 7.05 Å². The van der Waals surface area contributed by atoms with Gasteiger partial charge in [0.15, 0.2) is 12.1 Å². The summed E-state index contributed by atoms with van der Waals surface area (Å²) in [6.45, 7) is 1.88. The van der Waals surface area contributed by atoms with Gasteiger partial charge in [0.05, 0.1) is 5.56 Å². The largest absolute Gasteiger partial charge is 0.296 e. The number of aromatic nitrogens is 4. The molecule has 0 unspecified atom stereocenters. The number of carbonyl (C=O) groups excluding carboxylic acids is 1. The summed E-state index contributed by atoms with van der Waals surface area (Å²) in [4.78, 5) is 19.1. The van der Waals surface area contributed by atoms with E-state index in [1.807, 2.05) is 6.92 Å². The Labute approximate surface area is 86.8 Å². The van der Waals surface area contributed by atoms with Gasteiger partial charge in [-0.05, 0) is 13.0 Å². The standard InChI is InChI=1S/C10H10N4O/c1-7-9(8(6-15)13-14(7)2)10-11-4-3-5-12-10/h3-6H,1-2H3. The van der Waals surface area contributed by atoms with Crippen LogP contribution in [0.5, 0.6) is 0 Å². The normalized spacial score (nSPS) is 10.3. The highest BCUT2D eigenvalue weighted by Crippen LogP contribution is 2.21. The molecule has 5 nitrogen and oxygen atoms in total. The number of aldehydes is 1. The van der Waals surface area contributed by atoms with E-state index in [1.165, 1.54) is 0 Å². The minimum absolute atomic E-state index is 0.376. The Hall–Kier alpha value is -2.04. The van der Waals surface area contributed by atoms with Gasteiger partial charge in [0, 0.05) is 25.1 Å². The summed E-state index contributed by atoms with van der Waals surface area (Å²) in [7, 11) is 1.79. The minimum atomic E-state index is 0.376. The third-order valence-corrected chi connectivity index (χ3v) is 2.26. The average Bonchev–Trinajstić information content (AvgIpc) is 2.56. The van der Waals surface area contributed by atoms with Crippen LogP contribution in [0.1, 0.15) is 16.2 Å². The SMILES string of the molecule is Cc1c(-c2ncccn2)c(C=O)nn1C. The molecule has 0 bridgehead atoms. The lowest BCUT2D eigenvalue weighted by Gasteiger charge is -1.98. The van der Waals surface area contributed by atoms with Crippen LogP contribution >= 0.6 is 0 Å². The van der Waals surface area contributed by atoms with Crippen molar-refractivity contribution in [2.75, 3.05) is 0 Å². The van der Waals surface area contributed by atoms with Gasteiger partial charge in [-0.2, -0.15) is 5.10 Å². The van der Waals surface area contributed by atoms with Crippen molar-refractivity contribution in [3.63, 3.8) is 0 Å². The van der Waals surface area contributed by atoms with E-state index in [2.05, 4.69) is 15.1 Å². The quantitative estimate of drug-likeness (QED) is 0.681. The Morgan fingerprint density at radius 1 is 1.33 bits per heavy atom. The van der Waals surface area contributed by atoms with E-state index in [0.717, 1.165) is 12.0 Å². The van der Waals surface area contributed by atoms with E-state index >= 15 is 0 Å². The van der Waals surface area contributed by atoms with Gasteiger partial charge in [-0.15, -0.1) is 0 Å². The van der Waals surface area contributed by atoms with Crippen LogP contribution in [0.3, 0.4) is 0 Å². The molecule has 0 spiro atoms. The number of nitrogens with zero attached hydrogens (tertiary/aromatic N) is 4. The summed E-state index contributed by atoms with van der Waals surface area (Å²) < 4.78 is 1.65. The molecule has 0 aliphatic heterocycles. The number of hydrogen-bond acceptors (Lipinski definition) is 4. The van der Waals surface area contributed by atoms with Crippen LogP contribution in [0.25, 0.3) is 11.4 Å². The van der Waals surface area contributed by atoms with Crippen molar-refractivity contribution in [3.05, 3.63) is 29.8 Å². The second-order valence-electron chi connectivity index (χ2n) is 3.16. The fourth-order valence-corrected chi connectivity index (χ4v) is 1.42. The first-order chi connectivity index (χ1) is 7.24. The maximum Gasteiger partial charge on any atom is 0.171 e. The maximum absolute atomic E-state index is 10.8. The molecule has 0 radical (unpaired) electrons. The number of rotatable bonds is 2. The monoisotopic (exact) mass is 202 g/mol. The Kier molecular flexibility index (Phi) is 2.29. The molecule has 2 aromatic heterocycles. The molecule has 0 aromatic carbocycles. The fourth-order valence-electron chi connectivity index (χ4n) is 1.42. The molecule has 5 heteroatoms. The third-order valence-electron chi connectivity index (χ3n) is 2.26. The predicted molar refractivity (Wildman–Crippen MR) is 54.4 cm³/mol. The van der Waals surface area contributed by atoms with Crippen molar-refractivity contribution in [1.82, 2.24) is 19.7 Å². The summed E-state index contributed by atoms with van der Waals surface area (Å²) in [5.41, 5.74) is 1.96. The van der Waals surface area contributed by atoms with Crippen LogP contribution in [0.2, 0.25) is 0 Å². The molecule has 0 fully saturated rings. The molecule has 15 heavy (non-hydrogen) atoms. The van der Waals surface area contributed by atoms with Gasteiger partial charge in [-0.1, -0.05) is 0 Å². The molecule has 0 amide bonds. The summed E-state index contributed by atoms with van der Waals surface area (Å²) in [6, 6.07) is 1.73. The molecule has 2 heterocycles. The van der Waals surface area contributed by atoms with Gasteiger partial charge >= 0.3 is 0 Å². The molecule has 2 aromatic rings. The van der Waals surface area contributed by atoms with Gasteiger partial charge in [0.25, 0.3) is 0 Å². The fraction of sp³-hybridized carbons (Fsp3) is 0.200. The van der Waals surface area contributed by atoms with Crippen molar-refractivity contribution >= 4 is 6.29 Å². The molecule has 0 saturated heterocycles. The highest BCUT2D eigenvalue weighted by atomic mass is 16.1. The van der Waals surface area contributed by atoms with E-state index < -0.39 is 0 Å². The van der Waals surface area contributed by atoms with Crippen LogP contribution in [0, 0.1) is 6.92 Å². The average molecular weight is 202 g/mol. The minimum Gasteiger partial charge on any atom is -0.296 e. The lowest BCUT2D eigenvalue weighted by molar-refractivity contribution is 0.111. The highest BCUT2D eigenvalue weighted by Gasteiger charge is 2.15. The highest BCUT2D eigenvalue weighted by molar-refractivity contribution is 5.84. The first kappa shape index (κ1) is 9.51. The molecule has 76 valence electrons. The zero-order valence-corrected chi connectivity index (χ0v) is 8.51. The second-order valence-corrected chi connectivity index (χ2v) is 3.16. The van der Waals surface area contributed by atoms with Crippen molar-refractivity contribution in [3.8, 4) is 11.4 Å². The van der Waals surface area contributed by atoms with Gasteiger partial charge in [-0.25, -0.2) is 9.97 Å². The van der Waals surface area contributed by atoms with Gasteiger partial charge in [0.2, 0.25) is 0 Å². The molecule has 0 aliphatic carbocycles. The Morgan fingerprint density at radius 3 is 2.60 bits per heavy atom. The Balaban J connectivity index is 2.66. The van der Waals surface area contributed by atoms with Gasteiger partial charge < -0.3 is 0 Å². The summed E-state index contributed by atoms with van der Waals surface area (Å²) in [5.74, 6) is 0.533. The van der Waals surface area contributed by atoms with E-state index in [0.29, 0.717) is 17.1 Å². The summed E-state index contributed by atoms with van der Waals surface area (Å²) >= 11 is 0. The van der Waals surface area contributed by atoms with E-state index in [1.54, 1.807) is 30.2 Å². The first-order valence-corrected chi connectivity index (χ1v) is 4.50. The first-order valence-electron chi connectivity index (χ1n) is 4.50. The van der Waals surface area contributed by atoms with Crippen LogP contribution in [-0.4, -0.2) is 26.0 Å². The van der Waals surface area contributed by atoms with Gasteiger partial charge in [-0.3, -0.25) is 9.48 Å². The molecular formula is C10H10N4O. The van der Waals surface area contributed by atoms with E-state index in [-0.39, 0.29) is 0 Å². The lowest BCUT2D eigenvalue weighted by atomic mass is 10.2. The zero-order chi connectivity index (χ0) is 10.8. The van der Waals surface area contributed by atoms with Gasteiger partial charge in [0.1, 0.15) is 5.69 Å². The van der Waals surface area contributed by atoms with E-state index in [9.17, 15) is 4.79 Å². The van der Waals surface area contributed by atoms with Crippen LogP contribution in [0.15, 0.2) is 18.5 Å². The molecular weight excluding hydrogens is 192 g/mol. The predicted octanol–water partition coefficient (Wildman–Crippen LogP) is 0.998. The smallest absolute Gasteiger partial charge is 0.171 e. The topological polar surface area (TPSA) is 60.7 Å². The van der Waals surface area contributed by atoms with Crippen molar-refractivity contribution in [2.45, 2.75) is 6.92 Å². The molecule has 0 N–H and O–H groups in total. The molecule has 2 rings (SSSR count). The van der Waals surface area contributed by atoms with Crippen molar-refractivity contribution in [1.29, 1.82) is 0 Å². The molecule has 0 saturated carbocycles.